The summed E-state index contributed by atoms with van der Waals surface area (Å²) in [4.78, 5) is 16.7. The third kappa shape index (κ3) is 3.91. The number of nitrogens with zero attached hydrogens (tertiary/aromatic N) is 4. The van der Waals surface area contributed by atoms with Gasteiger partial charge in [0.15, 0.2) is 5.16 Å². The highest BCUT2D eigenvalue weighted by Gasteiger charge is 2.26. The molecular weight excluding hydrogens is 354 g/mol. The Balaban J connectivity index is 1.38. The highest BCUT2D eigenvalue weighted by molar-refractivity contribution is 7.99. The number of aromatic nitrogens is 4. The van der Waals surface area contributed by atoms with E-state index in [0.717, 1.165) is 27.1 Å². The summed E-state index contributed by atoms with van der Waals surface area (Å²) in [6.07, 6.45) is 4.08. The van der Waals surface area contributed by atoms with E-state index in [9.17, 15) is 4.79 Å². The topological polar surface area (TPSA) is 72.7 Å². The Morgan fingerprint density at radius 3 is 3.08 bits per heavy atom. The average Bonchev–Trinajstić information content (AvgIpc) is 3.18. The maximum absolute atomic E-state index is 12.3. The van der Waals surface area contributed by atoms with Crippen LogP contribution in [0, 0.1) is 6.92 Å². The number of aryl methyl sites for hydroxylation is 1. The molecule has 1 N–H and O–H groups in total. The Bertz CT molecular complexity index is 900. The second-order valence-electron chi connectivity index (χ2n) is 5.92. The van der Waals surface area contributed by atoms with Crippen LogP contribution in [0.25, 0.3) is 11.3 Å². The molecule has 1 fully saturated rings. The van der Waals surface area contributed by atoms with Crippen LogP contribution in [0.15, 0.2) is 41.1 Å². The first-order chi connectivity index (χ1) is 12.2. The van der Waals surface area contributed by atoms with Crippen molar-refractivity contribution in [3.63, 3.8) is 0 Å². The Morgan fingerprint density at radius 2 is 2.32 bits per heavy atom. The number of carbonyl (C=O) groups is 1. The molecule has 1 amide bonds. The molecule has 2 heterocycles. The Kier molecular flexibility index (Phi) is 4.54. The zero-order valence-corrected chi connectivity index (χ0v) is 15.3. The zero-order valence-electron chi connectivity index (χ0n) is 13.7. The number of hydrogen-bond donors (Lipinski definition) is 1. The predicted molar refractivity (Wildman–Crippen MR) is 99.9 cm³/mol. The van der Waals surface area contributed by atoms with Crippen molar-refractivity contribution in [2.24, 2.45) is 0 Å². The van der Waals surface area contributed by atoms with Crippen LogP contribution in [0.1, 0.15) is 23.9 Å². The predicted octanol–water partition coefficient (Wildman–Crippen LogP) is 3.78. The van der Waals surface area contributed by atoms with Crippen molar-refractivity contribution in [2.75, 3.05) is 11.1 Å². The van der Waals surface area contributed by atoms with Crippen molar-refractivity contribution >= 4 is 34.7 Å². The molecule has 0 saturated heterocycles. The number of thioether (sulfide) groups is 1. The molecule has 0 radical (unpaired) electrons. The molecule has 0 atom stereocenters. The van der Waals surface area contributed by atoms with Crippen LogP contribution in [0.5, 0.6) is 0 Å². The second kappa shape index (κ2) is 6.97. The van der Waals surface area contributed by atoms with Crippen molar-refractivity contribution in [1.82, 2.24) is 19.7 Å². The van der Waals surface area contributed by atoms with Crippen LogP contribution in [-0.2, 0) is 4.79 Å². The molecule has 0 unspecified atom stereocenters. The lowest BCUT2D eigenvalue weighted by Gasteiger charge is -2.07. The monoisotopic (exact) mass is 371 g/mol. The van der Waals surface area contributed by atoms with Crippen molar-refractivity contribution in [2.45, 2.75) is 31.0 Å². The lowest BCUT2D eigenvalue weighted by molar-refractivity contribution is -0.113. The number of thiazole rings is 1. The van der Waals surface area contributed by atoms with E-state index in [-0.39, 0.29) is 5.91 Å². The number of nitrogens with one attached hydrogen (secondary N) is 1. The Labute approximate surface area is 153 Å². The van der Waals surface area contributed by atoms with Crippen molar-refractivity contribution in [1.29, 1.82) is 0 Å². The summed E-state index contributed by atoms with van der Waals surface area (Å²) in [6, 6.07) is 8.27. The van der Waals surface area contributed by atoms with Crippen molar-refractivity contribution in [3.8, 4) is 11.3 Å². The van der Waals surface area contributed by atoms with Gasteiger partial charge in [0.1, 0.15) is 6.33 Å². The van der Waals surface area contributed by atoms with Gasteiger partial charge in [-0.1, -0.05) is 23.9 Å². The molecule has 1 aliphatic carbocycles. The lowest BCUT2D eigenvalue weighted by Crippen LogP contribution is -2.14. The van der Waals surface area contributed by atoms with Gasteiger partial charge in [0.2, 0.25) is 5.91 Å². The summed E-state index contributed by atoms with van der Waals surface area (Å²) in [5, 5.41) is 14.9. The SMILES string of the molecule is Cc1nc(-c2cccc(NC(=O)CSc3nncn3C3CC3)c2)cs1. The number of anilines is 1. The van der Waals surface area contributed by atoms with Gasteiger partial charge in [-0.25, -0.2) is 4.98 Å². The molecule has 6 nitrogen and oxygen atoms in total. The van der Waals surface area contributed by atoms with E-state index in [2.05, 4.69) is 25.1 Å². The third-order valence-corrected chi connectivity index (χ3v) is 5.60. The van der Waals surface area contributed by atoms with Crippen LogP contribution in [-0.4, -0.2) is 31.4 Å². The van der Waals surface area contributed by atoms with Gasteiger partial charge in [-0.3, -0.25) is 4.79 Å². The van der Waals surface area contributed by atoms with Crippen LogP contribution < -0.4 is 5.32 Å². The van der Waals surface area contributed by atoms with Crippen LogP contribution in [0.4, 0.5) is 5.69 Å². The smallest absolute Gasteiger partial charge is 0.234 e. The fourth-order valence-electron chi connectivity index (χ4n) is 2.52. The van der Waals surface area contributed by atoms with E-state index in [1.165, 1.54) is 24.6 Å². The highest BCUT2D eigenvalue weighted by Crippen LogP contribution is 2.37. The van der Waals surface area contributed by atoms with Crippen LogP contribution in [0.3, 0.4) is 0 Å². The summed E-state index contributed by atoms with van der Waals surface area (Å²) < 4.78 is 2.06. The molecule has 4 rings (SSSR count). The van der Waals surface area contributed by atoms with Crippen molar-refractivity contribution in [3.05, 3.63) is 41.0 Å². The second-order valence-corrected chi connectivity index (χ2v) is 7.93. The van der Waals surface area contributed by atoms with Gasteiger partial charge in [-0.15, -0.1) is 21.5 Å². The minimum atomic E-state index is -0.0537. The summed E-state index contributed by atoms with van der Waals surface area (Å²) in [5.41, 5.74) is 2.71. The van der Waals surface area contributed by atoms with Gasteiger partial charge in [-0.05, 0) is 31.9 Å². The average molecular weight is 371 g/mol. The molecule has 1 aromatic carbocycles. The largest absolute Gasteiger partial charge is 0.325 e. The standard InChI is InChI=1S/C17H17N5OS2/c1-11-19-15(8-24-11)12-3-2-4-13(7-12)20-16(23)9-25-17-21-18-10-22(17)14-5-6-14/h2-4,7-8,10,14H,5-6,9H2,1H3,(H,20,23). The molecule has 0 aliphatic heterocycles. The minimum absolute atomic E-state index is 0.0537. The molecule has 1 aliphatic rings. The number of benzene rings is 1. The Morgan fingerprint density at radius 1 is 1.44 bits per heavy atom. The molecule has 25 heavy (non-hydrogen) atoms. The van der Waals surface area contributed by atoms with E-state index in [0.29, 0.717) is 11.8 Å². The van der Waals surface area contributed by atoms with E-state index in [1.54, 1.807) is 17.7 Å². The maximum atomic E-state index is 12.3. The van der Waals surface area contributed by atoms with E-state index in [4.69, 9.17) is 0 Å². The number of rotatable bonds is 6. The first kappa shape index (κ1) is 16.3. The van der Waals surface area contributed by atoms with Crippen LogP contribution >= 0.6 is 23.1 Å². The first-order valence-corrected chi connectivity index (χ1v) is 9.90. The molecule has 8 heteroatoms. The third-order valence-electron chi connectivity index (χ3n) is 3.87. The summed E-state index contributed by atoms with van der Waals surface area (Å²) in [6.45, 7) is 1.98. The van der Waals surface area contributed by atoms with Gasteiger partial charge in [0, 0.05) is 22.7 Å². The van der Waals surface area contributed by atoms with E-state index in [1.807, 2.05) is 36.6 Å². The van der Waals surface area contributed by atoms with Crippen molar-refractivity contribution < 1.29 is 4.79 Å². The molecule has 2 aromatic heterocycles. The molecule has 0 spiro atoms. The molecule has 128 valence electrons. The molecule has 1 saturated carbocycles. The van der Waals surface area contributed by atoms with E-state index >= 15 is 0 Å². The molecule has 3 aromatic rings. The lowest BCUT2D eigenvalue weighted by atomic mass is 10.1. The van der Waals surface area contributed by atoms with Gasteiger partial charge in [0.25, 0.3) is 0 Å². The Hall–Kier alpha value is -2.19. The molecular formula is C17H17N5OS2. The molecule has 0 bridgehead atoms. The van der Waals surface area contributed by atoms with Gasteiger partial charge >= 0.3 is 0 Å². The quantitative estimate of drug-likeness (QED) is 0.668. The first-order valence-electron chi connectivity index (χ1n) is 8.04. The summed E-state index contributed by atoms with van der Waals surface area (Å²) in [7, 11) is 0. The van der Waals surface area contributed by atoms with Gasteiger partial charge < -0.3 is 9.88 Å². The van der Waals surface area contributed by atoms with Gasteiger partial charge in [0.05, 0.1) is 16.5 Å². The fraction of sp³-hybridized carbons (Fsp3) is 0.294. The van der Waals surface area contributed by atoms with Crippen LogP contribution in [0.2, 0.25) is 0 Å². The van der Waals surface area contributed by atoms with E-state index < -0.39 is 0 Å². The number of amides is 1. The normalized spacial score (nSPS) is 13.8. The fourth-order valence-corrected chi connectivity index (χ4v) is 3.92. The summed E-state index contributed by atoms with van der Waals surface area (Å²) in [5.74, 6) is 0.257. The minimum Gasteiger partial charge on any atom is -0.325 e. The van der Waals surface area contributed by atoms with Gasteiger partial charge in [-0.2, -0.15) is 0 Å². The maximum Gasteiger partial charge on any atom is 0.234 e. The highest BCUT2D eigenvalue weighted by atomic mass is 32.2. The number of carbonyl (C=O) groups excluding carboxylic acids is 1. The summed E-state index contributed by atoms with van der Waals surface area (Å²) >= 11 is 3.04. The zero-order chi connectivity index (χ0) is 17.2. The number of hydrogen-bond acceptors (Lipinski definition) is 6.